The lowest BCUT2D eigenvalue weighted by atomic mass is 9.97. The van der Waals surface area contributed by atoms with Gasteiger partial charge in [0.05, 0.1) is 26.4 Å². The normalized spacial score (nSPS) is 18.0. The molecule has 1 atom stereocenters. The summed E-state index contributed by atoms with van der Waals surface area (Å²) in [6.45, 7) is 2.79. The smallest absolute Gasteiger partial charge is 0.262 e. The molecule has 1 unspecified atom stereocenters. The summed E-state index contributed by atoms with van der Waals surface area (Å²) in [5.74, 6) is -0.701. The van der Waals surface area contributed by atoms with Crippen molar-refractivity contribution >= 4 is 50.9 Å². The molecule has 0 aliphatic carbocycles. The van der Waals surface area contributed by atoms with Gasteiger partial charge in [-0.15, -0.1) is 11.3 Å². The lowest BCUT2D eigenvalue weighted by molar-refractivity contribution is -0.136. The number of nitrogens with zero attached hydrogens (tertiary/aromatic N) is 3. The third kappa shape index (κ3) is 3.42. The largest absolute Gasteiger partial charge is 0.341 e. The number of amides is 3. The van der Waals surface area contributed by atoms with E-state index in [1.165, 1.54) is 0 Å². The van der Waals surface area contributed by atoms with Gasteiger partial charge in [-0.3, -0.25) is 19.3 Å². The molecule has 158 valence electrons. The van der Waals surface area contributed by atoms with Crippen LogP contribution in [0.2, 0.25) is 5.02 Å². The molecule has 2 aromatic carbocycles. The van der Waals surface area contributed by atoms with Gasteiger partial charge in [0.1, 0.15) is 6.04 Å². The highest BCUT2D eigenvalue weighted by Crippen LogP contribution is 2.35. The fraction of sp³-hybridized carbons (Fsp3) is 0.304. The number of piperidine rings is 1. The Morgan fingerprint density at radius 3 is 2.39 bits per heavy atom. The first-order valence-corrected chi connectivity index (χ1v) is 11.4. The van der Waals surface area contributed by atoms with E-state index in [1.807, 2.05) is 18.2 Å². The van der Waals surface area contributed by atoms with Gasteiger partial charge in [0, 0.05) is 24.0 Å². The van der Waals surface area contributed by atoms with E-state index < -0.39 is 17.9 Å². The van der Waals surface area contributed by atoms with Gasteiger partial charge in [0.2, 0.25) is 5.91 Å². The molecule has 0 saturated carbocycles. The molecule has 3 amide bonds. The van der Waals surface area contributed by atoms with Crippen molar-refractivity contribution in [2.45, 2.75) is 31.7 Å². The molecular formula is C23H20ClN3O3S. The van der Waals surface area contributed by atoms with Gasteiger partial charge in [-0.2, -0.15) is 0 Å². The number of imide groups is 1. The molecule has 2 aliphatic rings. The van der Waals surface area contributed by atoms with Crippen LogP contribution in [0.25, 0.3) is 10.2 Å². The highest BCUT2D eigenvalue weighted by atomic mass is 35.5. The fourth-order valence-electron chi connectivity index (χ4n) is 4.37. The fourth-order valence-corrected chi connectivity index (χ4v) is 5.66. The van der Waals surface area contributed by atoms with Crippen molar-refractivity contribution in [3.8, 4) is 0 Å². The van der Waals surface area contributed by atoms with E-state index >= 15 is 0 Å². The number of fused-ring (bicyclic) bond motifs is 2. The highest BCUT2D eigenvalue weighted by molar-refractivity contribution is 7.18. The summed E-state index contributed by atoms with van der Waals surface area (Å²) in [7, 11) is 0. The number of likely N-dealkylation sites (tertiary alicyclic amines) is 1. The Morgan fingerprint density at radius 2 is 1.74 bits per heavy atom. The summed E-state index contributed by atoms with van der Waals surface area (Å²) in [5, 5.41) is 1.74. The van der Waals surface area contributed by atoms with Crippen LogP contribution in [0.1, 0.15) is 51.4 Å². The average molecular weight is 454 g/mol. The first kappa shape index (κ1) is 20.2. The molecule has 31 heavy (non-hydrogen) atoms. The van der Waals surface area contributed by atoms with Crippen LogP contribution in [0.4, 0.5) is 0 Å². The zero-order valence-electron chi connectivity index (χ0n) is 16.9. The number of halogens is 1. The molecule has 3 heterocycles. The van der Waals surface area contributed by atoms with Gasteiger partial charge in [0.25, 0.3) is 11.8 Å². The molecule has 0 spiro atoms. The molecule has 0 bridgehead atoms. The number of carbonyl (C=O) groups is 3. The molecule has 1 fully saturated rings. The zero-order chi connectivity index (χ0) is 21.7. The van der Waals surface area contributed by atoms with Crippen LogP contribution in [-0.4, -0.2) is 51.6 Å². The van der Waals surface area contributed by atoms with Gasteiger partial charge in [-0.1, -0.05) is 23.7 Å². The minimum absolute atomic E-state index is 0.191. The van der Waals surface area contributed by atoms with Crippen LogP contribution < -0.4 is 0 Å². The maximum Gasteiger partial charge on any atom is 0.262 e. The topological polar surface area (TPSA) is 70.6 Å². The summed E-state index contributed by atoms with van der Waals surface area (Å²) in [4.78, 5) is 46.1. The maximum atomic E-state index is 13.1. The first-order chi connectivity index (χ1) is 14.9. The van der Waals surface area contributed by atoms with Crippen molar-refractivity contribution in [1.82, 2.24) is 14.8 Å². The quantitative estimate of drug-likeness (QED) is 0.553. The molecule has 1 aromatic heterocycles. The lowest BCUT2D eigenvalue weighted by Gasteiger charge is -2.34. The van der Waals surface area contributed by atoms with Crippen LogP contribution in [0, 0.1) is 0 Å². The summed E-state index contributed by atoms with van der Waals surface area (Å²) in [5.41, 5.74) is 1.63. The number of benzene rings is 2. The number of rotatable bonds is 3. The number of hydrogen-bond donors (Lipinski definition) is 0. The minimum atomic E-state index is -0.825. The molecule has 0 N–H and O–H groups in total. The predicted molar refractivity (Wildman–Crippen MR) is 120 cm³/mol. The molecule has 2 aliphatic heterocycles. The van der Waals surface area contributed by atoms with Gasteiger partial charge in [-0.05, 0) is 50.1 Å². The van der Waals surface area contributed by atoms with Gasteiger partial charge >= 0.3 is 0 Å². The molecule has 0 radical (unpaired) electrons. The van der Waals surface area contributed by atoms with E-state index in [1.54, 1.807) is 47.4 Å². The number of hydrogen-bond acceptors (Lipinski definition) is 5. The Morgan fingerprint density at radius 1 is 1.10 bits per heavy atom. The Hall–Kier alpha value is -2.77. The SMILES string of the molecule is CC(C(=O)N1CCC(c2nc3cc(Cl)ccc3s2)CC1)N1C(=O)c2ccccc2C1=O. The molecule has 1 saturated heterocycles. The Bertz CT molecular complexity index is 1180. The third-order valence-electron chi connectivity index (χ3n) is 6.09. The zero-order valence-corrected chi connectivity index (χ0v) is 18.4. The van der Waals surface area contributed by atoms with Crippen LogP contribution in [0.3, 0.4) is 0 Å². The standard InChI is InChI=1S/C23H20ClN3O3S/c1-13(27-22(29)16-4-2-3-5-17(16)23(27)30)21(28)26-10-8-14(9-11-26)20-25-18-12-15(24)6-7-19(18)31-20/h2-7,12-14H,8-11H2,1H3. The third-order valence-corrected chi connectivity index (χ3v) is 7.53. The van der Waals surface area contributed by atoms with Gasteiger partial charge in [-0.25, -0.2) is 4.98 Å². The second-order valence-corrected chi connectivity index (χ2v) is 9.46. The molecule has 6 nitrogen and oxygen atoms in total. The van der Waals surface area contributed by atoms with Gasteiger partial charge in [0.15, 0.2) is 0 Å². The molecule has 5 rings (SSSR count). The maximum absolute atomic E-state index is 13.1. The van der Waals surface area contributed by atoms with E-state index in [0.717, 1.165) is 33.0 Å². The predicted octanol–water partition coefficient (Wildman–Crippen LogP) is 4.34. The van der Waals surface area contributed by atoms with Crippen molar-refractivity contribution in [2.24, 2.45) is 0 Å². The minimum Gasteiger partial charge on any atom is -0.341 e. The Labute approximate surface area is 188 Å². The first-order valence-electron chi connectivity index (χ1n) is 10.3. The Kier molecular flexibility index (Phi) is 5.02. The Balaban J connectivity index is 1.26. The van der Waals surface area contributed by atoms with Crippen molar-refractivity contribution in [2.75, 3.05) is 13.1 Å². The van der Waals surface area contributed by atoms with Crippen molar-refractivity contribution in [3.05, 3.63) is 63.6 Å². The highest BCUT2D eigenvalue weighted by Gasteiger charge is 2.42. The van der Waals surface area contributed by atoms with E-state index in [2.05, 4.69) is 0 Å². The van der Waals surface area contributed by atoms with Crippen LogP contribution in [0.15, 0.2) is 42.5 Å². The van der Waals surface area contributed by atoms with E-state index in [0.29, 0.717) is 29.2 Å². The van der Waals surface area contributed by atoms with Crippen molar-refractivity contribution in [3.63, 3.8) is 0 Å². The monoisotopic (exact) mass is 453 g/mol. The van der Waals surface area contributed by atoms with E-state index in [-0.39, 0.29) is 11.8 Å². The molecule has 8 heteroatoms. The molecule has 3 aromatic rings. The van der Waals surface area contributed by atoms with E-state index in [9.17, 15) is 14.4 Å². The van der Waals surface area contributed by atoms with Crippen LogP contribution in [-0.2, 0) is 4.79 Å². The number of aromatic nitrogens is 1. The summed E-state index contributed by atoms with van der Waals surface area (Å²) < 4.78 is 1.11. The van der Waals surface area contributed by atoms with E-state index in [4.69, 9.17) is 16.6 Å². The van der Waals surface area contributed by atoms with Crippen molar-refractivity contribution < 1.29 is 14.4 Å². The van der Waals surface area contributed by atoms with Crippen LogP contribution in [0.5, 0.6) is 0 Å². The van der Waals surface area contributed by atoms with Crippen molar-refractivity contribution in [1.29, 1.82) is 0 Å². The van der Waals surface area contributed by atoms with Crippen LogP contribution >= 0.6 is 22.9 Å². The molecular weight excluding hydrogens is 434 g/mol. The number of thiazole rings is 1. The number of carbonyl (C=O) groups excluding carboxylic acids is 3. The van der Waals surface area contributed by atoms with Gasteiger partial charge < -0.3 is 4.90 Å². The summed E-state index contributed by atoms with van der Waals surface area (Å²) in [6.07, 6.45) is 1.60. The second kappa shape index (κ2) is 7.73. The lowest BCUT2D eigenvalue weighted by Crippen LogP contribution is -2.51. The second-order valence-electron chi connectivity index (χ2n) is 7.97. The average Bonchev–Trinajstić information content (AvgIpc) is 3.32. The summed E-state index contributed by atoms with van der Waals surface area (Å²) in [6, 6.07) is 11.6. The summed E-state index contributed by atoms with van der Waals surface area (Å²) >= 11 is 7.74.